The molecule has 3 N–H and O–H groups in total. The Labute approximate surface area is 116 Å². The van der Waals surface area contributed by atoms with Gasteiger partial charge in [-0.05, 0) is 36.8 Å². The van der Waals surface area contributed by atoms with E-state index in [4.69, 9.17) is 5.73 Å². The number of hydrogen-bond acceptors (Lipinski definition) is 4. The van der Waals surface area contributed by atoms with Crippen LogP contribution in [0.25, 0.3) is 0 Å². The van der Waals surface area contributed by atoms with Crippen LogP contribution in [0.1, 0.15) is 18.5 Å². The molecule has 0 aliphatic heterocycles. The number of nitrogen functional groups attached to an aromatic ring is 1. The van der Waals surface area contributed by atoms with E-state index in [1.54, 1.807) is 31.2 Å². The van der Waals surface area contributed by atoms with Crippen molar-refractivity contribution in [2.24, 2.45) is 0 Å². The summed E-state index contributed by atoms with van der Waals surface area (Å²) < 4.78 is 40.0. The Morgan fingerprint density at radius 1 is 1.30 bits per heavy atom. The maximum absolute atomic E-state index is 13.5. The van der Waals surface area contributed by atoms with Crippen LogP contribution in [0.15, 0.2) is 47.6 Å². The van der Waals surface area contributed by atoms with E-state index in [-0.39, 0.29) is 0 Å². The summed E-state index contributed by atoms with van der Waals surface area (Å²) in [5, 5.41) is -0.615. The lowest BCUT2D eigenvalue weighted by atomic mass is 10.1. The second-order valence-electron chi connectivity index (χ2n) is 4.30. The normalized spacial score (nSPS) is 13.1. The van der Waals surface area contributed by atoms with Crippen molar-refractivity contribution in [3.05, 3.63) is 54.0 Å². The fraction of sp³-hybridized carbons (Fsp3) is 0.154. The zero-order valence-corrected chi connectivity index (χ0v) is 11.6. The Balaban J connectivity index is 2.27. The smallest absolute Gasteiger partial charge is 0.261 e. The average Bonchev–Trinajstić information content (AvgIpc) is 2.38. The molecule has 1 atom stereocenters. The molecule has 1 aromatic heterocycles. The quantitative estimate of drug-likeness (QED) is 0.843. The van der Waals surface area contributed by atoms with Gasteiger partial charge in [0.05, 0.1) is 0 Å². The van der Waals surface area contributed by atoms with Gasteiger partial charge in [-0.15, -0.1) is 0 Å². The SMILES string of the molecule is CC(NS(=O)(=O)c1ncccc1F)c1cccc(N)c1. The molecule has 1 heterocycles. The molecule has 2 rings (SSSR count). The van der Waals surface area contributed by atoms with Crippen LogP contribution < -0.4 is 10.5 Å². The first-order chi connectivity index (χ1) is 9.40. The molecule has 0 fully saturated rings. The van der Waals surface area contributed by atoms with Crippen LogP contribution in [0.2, 0.25) is 0 Å². The van der Waals surface area contributed by atoms with Crippen LogP contribution in [0.4, 0.5) is 10.1 Å². The second kappa shape index (κ2) is 5.56. The van der Waals surface area contributed by atoms with Crippen molar-refractivity contribution < 1.29 is 12.8 Å². The van der Waals surface area contributed by atoms with Crippen LogP contribution in [0.3, 0.4) is 0 Å². The van der Waals surface area contributed by atoms with Gasteiger partial charge in [0.15, 0.2) is 5.82 Å². The molecule has 0 spiro atoms. The zero-order chi connectivity index (χ0) is 14.8. The van der Waals surface area contributed by atoms with E-state index in [2.05, 4.69) is 9.71 Å². The number of pyridine rings is 1. The predicted molar refractivity (Wildman–Crippen MR) is 73.8 cm³/mol. The maximum atomic E-state index is 13.5. The summed E-state index contributed by atoms with van der Waals surface area (Å²) in [6, 6.07) is 8.63. The molecule has 106 valence electrons. The van der Waals surface area contributed by atoms with Crippen molar-refractivity contribution in [3.8, 4) is 0 Å². The standard InChI is InChI=1S/C13H14FN3O2S/c1-9(10-4-2-5-11(15)8-10)17-20(18,19)13-12(14)6-3-7-16-13/h2-9,17H,15H2,1H3. The molecule has 7 heteroatoms. The second-order valence-corrected chi connectivity index (χ2v) is 5.93. The summed E-state index contributed by atoms with van der Waals surface area (Å²) in [6.45, 7) is 1.65. The molecular weight excluding hydrogens is 281 g/mol. The largest absolute Gasteiger partial charge is 0.399 e. The summed E-state index contributed by atoms with van der Waals surface area (Å²) in [4.78, 5) is 3.56. The van der Waals surface area contributed by atoms with Gasteiger partial charge < -0.3 is 5.73 Å². The predicted octanol–water partition coefficient (Wildman–Crippen LogP) is 1.84. The molecule has 5 nitrogen and oxygen atoms in total. The highest BCUT2D eigenvalue weighted by molar-refractivity contribution is 7.89. The minimum atomic E-state index is -4.03. The van der Waals surface area contributed by atoms with Crippen LogP contribution in [-0.2, 0) is 10.0 Å². The van der Waals surface area contributed by atoms with Gasteiger partial charge in [0.2, 0.25) is 5.03 Å². The number of hydrogen-bond donors (Lipinski definition) is 2. The lowest BCUT2D eigenvalue weighted by Crippen LogP contribution is -2.28. The highest BCUT2D eigenvalue weighted by Gasteiger charge is 2.23. The molecule has 1 aromatic carbocycles. The van der Waals surface area contributed by atoms with E-state index in [0.29, 0.717) is 11.3 Å². The number of nitrogens with one attached hydrogen (secondary N) is 1. The topological polar surface area (TPSA) is 85.1 Å². The van der Waals surface area contributed by atoms with E-state index in [1.165, 1.54) is 12.3 Å². The average molecular weight is 295 g/mol. The van der Waals surface area contributed by atoms with E-state index < -0.39 is 26.9 Å². The third kappa shape index (κ3) is 3.12. The zero-order valence-electron chi connectivity index (χ0n) is 10.7. The summed E-state index contributed by atoms with van der Waals surface area (Å²) in [6.07, 6.45) is 1.23. The van der Waals surface area contributed by atoms with Crippen molar-refractivity contribution in [2.45, 2.75) is 18.0 Å². The van der Waals surface area contributed by atoms with Crippen LogP contribution >= 0.6 is 0 Å². The monoisotopic (exact) mass is 295 g/mol. The van der Waals surface area contributed by atoms with Crippen molar-refractivity contribution in [2.75, 3.05) is 5.73 Å². The molecule has 0 radical (unpaired) electrons. The molecule has 0 amide bonds. The summed E-state index contributed by atoms with van der Waals surface area (Å²) >= 11 is 0. The lowest BCUT2D eigenvalue weighted by Gasteiger charge is -2.14. The summed E-state index contributed by atoms with van der Waals surface area (Å²) in [5.41, 5.74) is 6.86. The van der Waals surface area contributed by atoms with Crippen molar-refractivity contribution in [1.29, 1.82) is 0 Å². The van der Waals surface area contributed by atoms with Crippen molar-refractivity contribution >= 4 is 15.7 Å². The summed E-state index contributed by atoms with van der Waals surface area (Å²) in [7, 11) is -4.03. The van der Waals surface area contributed by atoms with Gasteiger partial charge >= 0.3 is 0 Å². The lowest BCUT2D eigenvalue weighted by molar-refractivity contribution is 0.536. The molecule has 1 unspecified atom stereocenters. The number of nitrogens with zero attached hydrogens (tertiary/aromatic N) is 1. The number of rotatable bonds is 4. The minimum absolute atomic E-state index is 0.526. The molecule has 20 heavy (non-hydrogen) atoms. The number of sulfonamides is 1. The Hall–Kier alpha value is -1.99. The Morgan fingerprint density at radius 2 is 2.05 bits per heavy atom. The van der Waals surface area contributed by atoms with Crippen molar-refractivity contribution in [1.82, 2.24) is 9.71 Å². The summed E-state index contributed by atoms with van der Waals surface area (Å²) in [5.74, 6) is -0.889. The number of anilines is 1. The Bertz CT molecular complexity index is 719. The van der Waals surface area contributed by atoms with Gasteiger partial charge in [-0.1, -0.05) is 12.1 Å². The first kappa shape index (κ1) is 14.4. The van der Waals surface area contributed by atoms with E-state index in [9.17, 15) is 12.8 Å². The molecule has 0 saturated heterocycles. The van der Waals surface area contributed by atoms with Gasteiger partial charge in [-0.2, -0.15) is 0 Å². The van der Waals surface area contributed by atoms with Crippen LogP contribution in [0.5, 0.6) is 0 Å². The highest BCUT2D eigenvalue weighted by atomic mass is 32.2. The fourth-order valence-electron chi connectivity index (χ4n) is 1.75. The minimum Gasteiger partial charge on any atom is -0.399 e. The number of halogens is 1. The molecular formula is C13H14FN3O2S. The van der Waals surface area contributed by atoms with Crippen LogP contribution in [0, 0.1) is 5.82 Å². The van der Waals surface area contributed by atoms with Crippen LogP contribution in [-0.4, -0.2) is 13.4 Å². The first-order valence-electron chi connectivity index (χ1n) is 5.88. The molecule has 0 aliphatic rings. The van der Waals surface area contributed by atoms with Gasteiger partial charge in [-0.3, -0.25) is 0 Å². The third-order valence-corrected chi connectivity index (χ3v) is 4.20. The Morgan fingerprint density at radius 3 is 2.70 bits per heavy atom. The Kier molecular flexibility index (Phi) is 4.01. The first-order valence-corrected chi connectivity index (χ1v) is 7.37. The van der Waals surface area contributed by atoms with Gasteiger partial charge in [-0.25, -0.2) is 22.5 Å². The van der Waals surface area contributed by atoms with E-state index >= 15 is 0 Å². The maximum Gasteiger partial charge on any atom is 0.261 e. The molecule has 0 bridgehead atoms. The van der Waals surface area contributed by atoms with Gasteiger partial charge in [0.25, 0.3) is 10.0 Å². The highest BCUT2D eigenvalue weighted by Crippen LogP contribution is 2.19. The number of aromatic nitrogens is 1. The van der Waals surface area contributed by atoms with Gasteiger partial charge in [0, 0.05) is 17.9 Å². The van der Waals surface area contributed by atoms with Gasteiger partial charge in [0.1, 0.15) is 0 Å². The third-order valence-electron chi connectivity index (χ3n) is 2.72. The fourth-order valence-corrected chi connectivity index (χ4v) is 2.99. The number of nitrogens with two attached hydrogens (primary N) is 1. The van der Waals surface area contributed by atoms with Crippen molar-refractivity contribution in [3.63, 3.8) is 0 Å². The van der Waals surface area contributed by atoms with E-state index in [0.717, 1.165) is 6.07 Å². The molecule has 2 aromatic rings. The van der Waals surface area contributed by atoms with E-state index in [1.807, 2.05) is 0 Å². The molecule has 0 saturated carbocycles. The number of benzene rings is 1. The molecule has 0 aliphatic carbocycles.